The first kappa shape index (κ1) is 13.1. The third kappa shape index (κ3) is 2.90. The largest absolute Gasteiger partial charge is 0.481 e. The summed E-state index contributed by atoms with van der Waals surface area (Å²) in [6.07, 6.45) is 0.855. The number of aliphatic carboxylic acids is 1. The van der Waals surface area contributed by atoms with E-state index in [0.717, 1.165) is 6.42 Å². The van der Waals surface area contributed by atoms with E-state index < -0.39 is 5.97 Å². The maximum absolute atomic E-state index is 11.9. The molecule has 1 heterocycles. The fourth-order valence-corrected chi connectivity index (χ4v) is 3.31. The van der Waals surface area contributed by atoms with Gasteiger partial charge in [0.1, 0.15) is 0 Å². The Bertz CT molecular complexity index is 469. The van der Waals surface area contributed by atoms with Crippen molar-refractivity contribution in [2.45, 2.75) is 38.6 Å². The topological polar surface area (TPSA) is 66.4 Å². The smallest absolute Gasteiger partial charge is 0.305 e. The van der Waals surface area contributed by atoms with Gasteiger partial charge in [0.2, 0.25) is 5.91 Å². The fourth-order valence-electron chi connectivity index (χ4n) is 2.20. The zero-order chi connectivity index (χ0) is 13.3. The molecular formula is C13H17NO3S. The lowest BCUT2D eigenvalue weighted by Gasteiger charge is -2.11. The standard InChI is InChI=1S/C13H17NO3S/c1-7-3-4-18-12(7)9-6-10(9)13(17)14-8(2)5-11(15)16/h3-4,8-10H,5-6H2,1-2H3,(H,14,17)(H,15,16)/t8-,9+,10+/m0/s1. The minimum atomic E-state index is -0.885. The summed E-state index contributed by atoms with van der Waals surface area (Å²) in [6.45, 7) is 3.78. The fraction of sp³-hybridized carbons (Fsp3) is 0.538. The van der Waals surface area contributed by atoms with Crippen molar-refractivity contribution in [1.82, 2.24) is 5.32 Å². The van der Waals surface area contributed by atoms with Gasteiger partial charge in [0.25, 0.3) is 0 Å². The van der Waals surface area contributed by atoms with E-state index in [4.69, 9.17) is 5.11 Å². The van der Waals surface area contributed by atoms with Crippen LogP contribution in [0.3, 0.4) is 0 Å². The molecule has 3 atom stereocenters. The Labute approximate surface area is 110 Å². The maximum Gasteiger partial charge on any atom is 0.305 e. The van der Waals surface area contributed by atoms with Gasteiger partial charge in [0.05, 0.1) is 6.42 Å². The Hall–Kier alpha value is -1.36. The maximum atomic E-state index is 11.9. The van der Waals surface area contributed by atoms with Crippen molar-refractivity contribution >= 4 is 23.2 Å². The summed E-state index contributed by atoms with van der Waals surface area (Å²) in [5.41, 5.74) is 1.25. The number of thiophene rings is 1. The van der Waals surface area contributed by atoms with Gasteiger partial charge in [-0.3, -0.25) is 9.59 Å². The van der Waals surface area contributed by atoms with E-state index in [2.05, 4.69) is 18.3 Å². The van der Waals surface area contributed by atoms with E-state index in [1.807, 2.05) is 5.38 Å². The number of carboxylic acids is 1. The Morgan fingerprint density at radius 3 is 2.89 bits per heavy atom. The molecule has 0 spiro atoms. The average Bonchev–Trinajstić information content (AvgIpc) is 2.93. The monoisotopic (exact) mass is 267 g/mol. The number of hydrogen-bond acceptors (Lipinski definition) is 3. The summed E-state index contributed by atoms with van der Waals surface area (Å²) in [6, 6.07) is 1.76. The molecule has 5 heteroatoms. The van der Waals surface area contributed by atoms with Crippen LogP contribution in [-0.2, 0) is 9.59 Å². The normalized spacial score (nSPS) is 23.4. The zero-order valence-electron chi connectivity index (χ0n) is 10.5. The highest BCUT2D eigenvalue weighted by Gasteiger charge is 2.45. The quantitative estimate of drug-likeness (QED) is 0.859. The van der Waals surface area contributed by atoms with Crippen molar-refractivity contribution in [3.8, 4) is 0 Å². The molecule has 1 aliphatic carbocycles. The Morgan fingerprint density at radius 2 is 2.33 bits per heavy atom. The molecule has 4 nitrogen and oxygen atoms in total. The predicted molar refractivity (Wildman–Crippen MR) is 69.8 cm³/mol. The van der Waals surface area contributed by atoms with Gasteiger partial charge in [-0.25, -0.2) is 0 Å². The molecule has 1 fully saturated rings. The van der Waals surface area contributed by atoms with Gasteiger partial charge < -0.3 is 10.4 Å². The third-order valence-electron chi connectivity index (χ3n) is 3.24. The van der Waals surface area contributed by atoms with Crippen molar-refractivity contribution < 1.29 is 14.7 Å². The van der Waals surface area contributed by atoms with Crippen LogP contribution in [0.1, 0.15) is 36.1 Å². The lowest BCUT2D eigenvalue weighted by Crippen LogP contribution is -2.35. The van der Waals surface area contributed by atoms with E-state index in [1.165, 1.54) is 10.4 Å². The molecule has 1 aromatic heterocycles. The second-order valence-electron chi connectivity index (χ2n) is 4.92. The zero-order valence-corrected chi connectivity index (χ0v) is 11.3. The molecule has 1 amide bonds. The number of rotatable bonds is 5. The summed E-state index contributed by atoms with van der Waals surface area (Å²) in [5.74, 6) is -0.536. The summed E-state index contributed by atoms with van der Waals surface area (Å²) in [5, 5.41) is 13.5. The Kier molecular flexibility index (Phi) is 3.71. The third-order valence-corrected chi connectivity index (χ3v) is 4.39. The minimum Gasteiger partial charge on any atom is -0.481 e. The molecule has 0 unspecified atom stereocenters. The van der Waals surface area contributed by atoms with Crippen molar-refractivity contribution in [1.29, 1.82) is 0 Å². The van der Waals surface area contributed by atoms with Gasteiger partial charge in [-0.1, -0.05) is 0 Å². The molecule has 2 N–H and O–H groups in total. The molecule has 1 aliphatic rings. The first-order chi connectivity index (χ1) is 8.49. The number of aryl methyl sites for hydroxylation is 1. The second kappa shape index (κ2) is 5.10. The van der Waals surface area contributed by atoms with Crippen LogP contribution in [0.2, 0.25) is 0 Å². The van der Waals surface area contributed by atoms with Crippen LogP contribution in [-0.4, -0.2) is 23.0 Å². The number of carboxylic acid groups (broad SMARTS) is 1. The van der Waals surface area contributed by atoms with Crippen LogP contribution in [0.4, 0.5) is 0 Å². The first-order valence-corrected chi connectivity index (χ1v) is 6.93. The Balaban J connectivity index is 1.86. The summed E-state index contributed by atoms with van der Waals surface area (Å²) < 4.78 is 0. The minimum absolute atomic E-state index is 0.0125. The van der Waals surface area contributed by atoms with Crippen LogP contribution in [0.25, 0.3) is 0 Å². The van der Waals surface area contributed by atoms with Crippen LogP contribution in [0.15, 0.2) is 11.4 Å². The number of nitrogens with one attached hydrogen (secondary N) is 1. The van der Waals surface area contributed by atoms with Crippen molar-refractivity contribution in [3.05, 3.63) is 21.9 Å². The molecule has 18 heavy (non-hydrogen) atoms. The second-order valence-corrected chi connectivity index (χ2v) is 5.87. The average molecular weight is 267 g/mol. The van der Waals surface area contributed by atoms with Gasteiger partial charge in [-0.05, 0) is 37.3 Å². The van der Waals surface area contributed by atoms with Gasteiger partial charge >= 0.3 is 5.97 Å². The van der Waals surface area contributed by atoms with Crippen LogP contribution in [0, 0.1) is 12.8 Å². The molecule has 0 saturated heterocycles. The van der Waals surface area contributed by atoms with Crippen molar-refractivity contribution in [2.24, 2.45) is 5.92 Å². The molecule has 0 bridgehead atoms. The summed E-state index contributed by atoms with van der Waals surface area (Å²) in [7, 11) is 0. The van der Waals surface area contributed by atoms with Gasteiger partial charge in [-0.15, -0.1) is 11.3 Å². The number of carbonyl (C=O) groups is 2. The van der Waals surface area contributed by atoms with E-state index in [1.54, 1.807) is 18.3 Å². The summed E-state index contributed by atoms with van der Waals surface area (Å²) in [4.78, 5) is 23.7. The summed E-state index contributed by atoms with van der Waals surface area (Å²) >= 11 is 1.70. The SMILES string of the molecule is Cc1ccsc1[C@@H]1C[C@H]1C(=O)N[C@@H](C)CC(=O)O. The van der Waals surface area contributed by atoms with Crippen LogP contribution >= 0.6 is 11.3 Å². The molecular weight excluding hydrogens is 250 g/mol. The molecule has 1 aromatic rings. The lowest BCUT2D eigenvalue weighted by molar-refractivity contribution is -0.137. The molecule has 0 aliphatic heterocycles. The van der Waals surface area contributed by atoms with E-state index in [9.17, 15) is 9.59 Å². The van der Waals surface area contributed by atoms with Crippen molar-refractivity contribution in [2.75, 3.05) is 0 Å². The van der Waals surface area contributed by atoms with Gasteiger partial charge in [-0.2, -0.15) is 0 Å². The van der Waals surface area contributed by atoms with E-state index >= 15 is 0 Å². The highest BCUT2D eigenvalue weighted by molar-refractivity contribution is 7.10. The highest BCUT2D eigenvalue weighted by atomic mass is 32.1. The highest BCUT2D eigenvalue weighted by Crippen LogP contribution is 2.50. The first-order valence-electron chi connectivity index (χ1n) is 6.05. The van der Waals surface area contributed by atoms with Gasteiger partial charge in [0, 0.05) is 22.8 Å². The predicted octanol–water partition coefficient (Wildman–Crippen LogP) is 2.14. The molecule has 0 radical (unpaired) electrons. The lowest BCUT2D eigenvalue weighted by atomic mass is 10.2. The number of carbonyl (C=O) groups excluding carboxylic acids is 1. The molecule has 2 rings (SSSR count). The number of amides is 1. The van der Waals surface area contributed by atoms with Crippen molar-refractivity contribution in [3.63, 3.8) is 0 Å². The van der Waals surface area contributed by atoms with Gasteiger partial charge in [0.15, 0.2) is 0 Å². The van der Waals surface area contributed by atoms with E-state index in [-0.39, 0.29) is 24.3 Å². The molecule has 98 valence electrons. The van der Waals surface area contributed by atoms with Crippen LogP contribution < -0.4 is 5.32 Å². The van der Waals surface area contributed by atoms with E-state index in [0.29, 0.717) is 5.92 Å². The van der Waals surface area contributed by atoms with Crippen LogP contribution in [0.5, 0.6) is 0 Å². The Morgan fingerprint density at radius 1 is 1.61 bits per heavy atom. The number of hydrogen-bond donors (Lipinski definition) is 2. The molecule has 1 saturated carbocycles. The molecule has 0 aromatic carbocycles.